The first-order chi connectivity index (χ1) is 10.1. The fourth-order valence-corrected chi connectivity index (χ4v) is 3.31. The van der Waals surface area contributed by atoms with E-state index in [0.717, 1.165) is 31.2 Å². The first-order valence-electron chi connectivity index (χ1n) is 7.09. The van der Waals surface area contributed by atoms with Crippen LogP contribution in [-0.4, -0.2) is 21.4 Å². The molecule has 1 aliphatic rings. The van der Waals surface area contributed by atoms with Crippen molar-refractivity contribution < 1.29 is 9.63 Å². The number of aliphatic hydroxyl groups is 1. The van der Waals surface area contributed by atoms with Crippen LogP contribution in [0.15, 0.2) is 22.7 Å². The summed E-state index contributed by atoms with van der Waals surface area (Å²) in [5.74, 6) is 1.22. The molecule has 21 heavy (non-hydrogen) atoms. The minimum absolute atomic E-state index is 0.204. The summed E-state index contributed by atoms with van der Waals surface area (Å²) in [7, 11) is 0. The lowest BCUT2D eigenvalue weighted by Crippen LogP contribution is -2.26. The van der Waals surface area contributed by atoms with Gasteiger partial charge in [-0.15, -0.1) is 0 Å². The molecule has 0 aliphatic heterocycles. The zero-order chi connectivity index (χ0) is 14.8. The number of aliphatic hydroxyl groups excluding tert-OH is 1. The number of hydrogen-bond acceptors (Lipinski definition) is 4. The van der Waals surface area contributed by atoms with Crippen LogP contribution in [0.3, 0.4) is 0 Å². The predicted molar refractivity (Wildman–Crippen MR) is 81.4 cm³/mol. The number of hydrogen-bond donors (Lipinski definition) is 1. The van der Waals surface area contributed by atoms with E-state index in [1.807, 2.05) is 0 Å². The van der Waals surface area contributed by atoms with Gasteiger partial charge in [0.15, 0.2) is 0 Å². The monoisotopic (exact) mass is 326 g/mol. The third kappa shape index (κ3) is 3.57. The van der Waals surface area contributed by atoms with Gasteiger partial charge in [-0.3, -0.25) is 0 Å². The van der Waals surface area contributed by atoms with Crippen molar-refractivity contribution in [1.29, 1.82) is 0 Å². The number of halogens is 2. The van der Waals surface area contributed by atoms with Crippen LogP contribution in [0.25, 0.3) is 11.4 Å². The van der Waals surface area contributed by atoms with Gasteiger partial charge >= 0.3 is 0 Å². The van der Waals surface area contributed by atoms with Gasteiger partial charge in [-0.05, 0) is 37.0 Å². The van der Waals surface area contributed by atoms with Crippen molar-refractivity contribution in [2.45, 2.75) is 38.2 Å². The van der Waals surface area contributed by atoms with Gasteiger partial charge in [-0.2, -0.15) is 4.98 Å². The maximum atomic E-state index is 10.0. The van der Waals surface area contributed by atoms with E-state index in [1.54, 1.807) is 18.2 Å². The minimum atomic E-state index is -0.269. The molecule has 2 atom stereocenters. The van der Waals surface area contributed by atoms with Crippen LogP contribution in [0.5, 0.6) is 0 Å². The van der Waals surface area contributed by atoms with Crippen molar-refractivity contribution >= 4 is 23.2 Å². The molecule has 1 saturated carbocycles. The average Bonchev–Trinajstić information content (AvgIpc) is 2.89. The molecule has 1 aromatic heterocycles. The molecule has 1 fully saturated rings. The Bertz CT molecular complexity index is 610. The molecule has 4 nitrogen and oxygen atoms in total. The van der Waals surface area contributed by atoms with Crippen molar-refractivity contribution in [3.05, 3.63) is 34.1 Å². The molecular weight excluding hydrogens is 311 g/mol. The Morgan fingerprint density at radius 1 is 1.14 bits per heavy atom. The molecule has 0 amide bonds. The van der Waals surface area contributed by atoms with Gasteiger partial charge in [0.25, 0.3) is 0 Å². The van der Waals surface area contributed by atoms with Crippen molar-refractivity contribution in [1.82, 2.24) is 10.1 Å². The lowest BCUT2D eigenvalue weighted by molar-refractivity contribution is 0.0657. The molecule has 1 N–H and O–H groups in total. The van der Waals surface area contributed by atoms with Gasteiger partial charge in [0.05, 0.1) is 6.10 Å². The highest BCUT2D eigenvalue weighted by Gasteiger charge is 2.25. The third-order valence-electron chi connectivity index (χ3n) is 3.89. The van der Waals surface area contributed by atoms with E-state index in [0.29, 0.717) is 28.2 Å². The van der Waals surface area contributed by atoms with E-state index in [1.165, 1.54) is 0 Å². The van der Waals surface area contributed by atoms with E-state index in [9.17, 15) is 5.11 Å². The highest BCUT2D eigenvalue weighted by molar-refractivity contribution is 6.35. The molecule has 3 rings (SSSR count). The summed E-state index contributed by atoms with van der Waals surface area (Å²) in [6.45, 7) is 0. The van der Waals surface area contributed by atoms with Crippen LogP contribution in [0, 0.1) is 5.92 Å². The van der Waals surface area contributed by atoms with Crippen LogP contribution < -0.4 is 0 Å². The third-order valence-corrected chi connectivity index (χ3v) is 4.33. The fraction of sp³-hybridized carbons (Fsp3) is 0.467. The summed E-state index contributed by atoms with van der Waals surface area (Å²) in [4.78, 5) is 4.39. The Labute approximate surface area is 133 Å². The molecule has 1 aliphatic carbocycles. The average molecular weight is 327 g/mol. The molecule has 0 saturated heterocycles. The minimum Gasteiger partial charge on any atom is -0.393 e. The zero-order valence-electron chi connectivity index (χ0n) is 11.4. The van der Waals surface area contributed by atoms with E-state index in [-0.39, 0.29) is 12.0 Å². The normalized spacial score (nSPS) is 22.4. The summed E-state index contributed by atoms with van der Waals surface area (Å²) >= 11 is 12.0. The number of rotatable bonds is 3. The maximum Gasteiger partial charge on any atom is 0.227 e. The summed E-state index contributed by atoms with van der Waals surface area (Å²) in [5, 5.41) is 15.0. The van der Waals surface area contributed by atoms with Gasteiger partial charge in [0.2, 0.25) is 11.7 Å². The van der Waals surface area contributed by atoms with Gasteiger partial charge in [-0.1, -0.05) is 41.2 Å². The Morgan fingerprint density at radius 2 is 1.86 bits per heavy atom. The highest BCUT2D eigenvalue weighted by atomic mass is 35.5. The largest absolute Gasteiger partial charge is 0.393 e. The van der Waals surface area contributed by atoms with Gasteiger partial charge in [0.1, 0.15) is 0 Å². The molecule has 112 valence electrons. The first-order valence-corrected chi connectivity index (χ1v) is 7.84. The second kappa shape index (κ2) is 6.34. The molecule has 6 heteroatoms. The number of aromatic nitrogens is 2. The van der Waals surface area contributed by atoms with E-state index in [4.69, 9.17) is 27.7 Å². The Morgan fingerprint density at radius 3 is 2.57 bits per heavy atom. The van der Waals surface area contributed by atoms with Crippen LogP contribution in [0.1, 0.15) is 31.6 Å². The molecular formula is C15H16Cl2N2O2. The van der Waals surface area contributed by atoms with Gasteiger partial charge in [-0.25, -0.2) is 0 Å². The second-order valence-electron chi connectivity index (χ2n) is 5.49. The lowest BCUT2D eigenvalue weighted by Gasteiger charge is -2.26. The van der Waals surface area contributed by atoms with Crippen molar-refractivity contribution in [3.63, 3.8) is 0 Å². The molecule has 1 aromatic carbocycles. The van der Waals surface area contributed by atoms with Crippen molar-refractivity contribution in [2.75, 3.05) is 0 Å². The molecule has 2 unspecified atom stereocenters. The highest BCUT2D eigenvalue weighted by Crippen LogP contribution is 2.29. The Balaban J connectivity index is 1.76. The Kier molecular flexibility index (Phi) is 4.48. The topological polar surface area (TPSA) is 59.2 Å². The molecule has 0 bridgehead atoms. The quantitative estimate of drug-likeness (QED) is 0.920. The molecule has 0 radical (unpaired) electrons. The van der Waals surface area contributed by atoms with E-state index >= 15 is 0 Å². The lowest BCUT2D eigenvalue weighted by atomic mass is 9.84. The zero-order valence-corrected chi connectivity index (χ0v) is 12.9. The SMILES string of the molecule is OC1CCCCC1Cc1nc(-c2cc(Cl)cc(Cl)c2)no1. The van der Waals surface area contributed by atoms with Crippen molar-refractivity contribution in [2.24, 2.45) is 5.92 Å². The van der Waals surface area contributed by atoms with E-state index in [2.05, 4.69) is 10.1 Å². The van der Waals surface area contributed by atoms with Crippen LogP contribution >= 0.6 is 23.2 Å². The number of benzene rings is 1. The Hall–Kier alpha value is -1.10. The van der Waals surface area contributed by atoms with E-state index < -0.39 is 0 Å². The number of nitrogens with zero attached hydrogens (tertiary/aromatic N) is 2. The summed E-state index contributed by atoms with van der Waals surface area (Å²) in [6.07, 6.45) is 4.44. The second-order valence-corrected chi connectivity index (χ2v) is 6.36. The maximum absolute atomic E-state index is 10.0. The molecule has 0 spiro atoms. The first kappa shape index (κ1) is 14.8. The van der Waals surface area contributed by atoms with Crippen molar-refractivity contribution in [3.8, 4) is 11.4 Å². The fourth-order valence-electron chi connectivity index (χ4n) is 2.79. The smallest absolute Gasteiger partial charge is 0.227 e. The summed E-state index contributed by atoms with van der Waals surface area (Å²) in [6, 6.07) is 5.15. The molecule has 1 heterocycles. The molecule has 2 aromatic rings. The summed E-state index contributed by atoms with van der Waals surface area (Å²) < 4.78 is 5.29. The van der Waals surface area contributed by atoms with Crippen LogP contribution in [0.2, 0.25) is 10.0 Å². The predicted octanol–water partition coefficient (Wildman–Crippen LogP) is 4.14. The summed E-state index contributed by atoms with van der Waals surface area (Å²) in [5.41, 5.74) is 0.728. The van der Waals surface area contributed by atoms with Crippen LogP contribution in [-0.2, 0) is 6.42 Å². The van der Waals surface area contributed by atoms with Crippen LogP contribution in [0.4, 0.5) is 0 Å². The standard InChI is InChI=1S/C15H16Cl2N2O2/c16-11-5-10(6-12(17)8-11)15-18-14(21-19-15)7-9-3-1-2-4-13(9)20/h5-6,8-9,13,20H,1-4,7H2. The van der Waals surface area contributed by atoms with Gasteiger partial charge < -0.3 is 9.63 Å². The van der Waals surface area contributed by atoms with Gasteiger partial charge in [0, 0.05) is 22.0 Å².